The molecule has 0 aromatic heterocycles. The third kappa shape index (κ3) is 3.16. The number of ether oxygens (including phenoxy) is 1. The molecule has 0 bridgehead atoms. The van der Waals surface area contributed by atoms with Crippen molar-refractivity contribution in [3.05, 3.63) is 42.0 Å². The molecule has 0 fully saturated rings. The second-order valence-electron chi connectivity index (χ2n) is 4.18. The minimum absolute atomic E-state index is 0.266. The van der Waals surface area contributed by atoms with Crippen molar-refractivity contribution in [2.24, 2.45) is 0 Å². The van der Waals surface area contributed by atoms with Gasteiger partial charge >= 0.3 is 7.60 Å². The van der Waals surface area contributed by atoms with Gasteiger partial charge in [-0.3, -0.25) is 4.57 Å². The Labute approximate surface area is 112 Å². The maximum absolute atomic E-state index is 12.1. The molecule has 0 aliphatic heterocycles. The molecule has 2 rings (SSSR count). The lowest BCUT2D eigenvalue weighted by atomic mass is 10.1. The molecular weight excluding hydrogens is 263 g/mol. The molecule has 0 amide bonds. The summed E-state index contributed by atoms with van der Waals surface area (Å²) in [5.41, 5.74) is 0.921. The third-order valence-corrected chi connectivity index (χ3v) is 4.91. The number of methoxy groups -OCH3 is 1. The van der Waals surface area contributed by atoms with Crippen LogP contribution in [0.25, 0.3) is 10.8 Å². The highest BCUT2D eigenvalue weighted by Crippen LogP contribution is 2.49. The van der Waals surface area contributed by atoms with Crippen LogP contribution in [0.1, 0.15) is 5.56 Å². The maximum atomic E-state index is 12.1. The van der Waals surface area contributed by atoms with Gasteiger partial charge in [-0.2, -0.15) is 0 Å². The highest BCUT2D eigenvalue weighted by Gasteiger charge is 2.21. The van der Waals surface area contributed by atoms with E-state index >= 15 is 0 Å². The van der Waals surface area contributed by atoms with Crippen LogP contribution in [0.2, 0.25) is 0 Å². The van der Waals surface area contributed by atoms with Crippen molar-refractivity contribution in [1.82, 2.24) is 0 Å². The largest absolute Gasteiger partial charge is 0.497 e. The van der Waals surface area contributed by atoms with Crippen molar-refractivity contribution in [2.75, 3.05) is 21.3 Å². The van der Waals surface area contributed by atoms with Crippen LogP contribution in [0, 0.1) is 0 Å². The van der Waals surface area contributed by atoms with E-state index in [9.17, 15) is 4.57 Å². The van der Waals surface area contributed by atoms with E-state index in [-0.39, 0.29) is 6.16 Å². The SMILES string of the molecule is COc1ccc2cc(CP(=O)(OC)OC)ccc2c1. The van der Waals surface area contributed by atoms with Crippen LogP contribution in [0.4, 0.5) is 0 Å². The number of rotatable bonds is 5. The van der Waals surface area contributed by atoms with Gasteiger partial charge in [0.1, 0.15) is 5.75 Å². The molecule has 0 unspecified atom stereocenters. The van der Waals surface area contributed by atoms with Gasteiger partial charge in [-0.05, 0) is 28.5 Å². The van der Waals surface area contributed by atoms with Gasteiger partial charge in [0.15, 0.2) is 0 Å². The van der Waals surface area contributed by atoms with E-state index in [2.05, 4.69) is 0 Å². The highest BCUT2D eigenvalue weighted by atomic mass is 31.2. The van der Waals surface area contributed by atoms with Crippen LogP contribution in [-0.4, -0.2) is 21.3 Å². The Bertz CT molecular complexity index is 616. The summed E-state index contributed by atoms with van der Waals surface area (Å²) < 4.78 is 27.2. The summed E-state index contributed by atoms with van der Waals surface area (Å²) in [7, 11) is 1.42. The molecule has 0 heterocycles. The zero-order valence-electron chi connectivity index (χ0n) is 11.3. The van der Waals surface area contributed by atoms with E-state index in [0.717, 1.165) is 22.1 Å². The second-order valence-corrected chi connectivity index (χ2v) is 6.45. The van der Waals surface area contributed by atoms with E-state index in [4.69, 9.17) is 13.8 Å². The molecule has 0 radical (unpaired) electrons. The van der Waals surface area contributed by atoms with E-state index in [0.29, 0.717) is 0 Å². The molecule has 19 heavy (non-hydrogen) atoms. The van der Waals surface area contributed by atoms with Gasteiger partial charge < -0.3 is 13.8 Å². The van der Waals surface area contributed by atoms with Crippen molar-refractivity contribution < 1.29 is 18.3 Å². The molecule has 0 spiro atoms. The summed E-state index contributed by atoms with van der Waals surface area (Å²) >= 11 is 0. The number of hydrogen-bond donors (Lipinski definition) is 0. The first kappa shape index (κ1) is 14.1. The van der Waals surface area contributed by atoms with E-state index in [1.807, 2.05) is 36.4 Å². The van der Waals surface area contributed by atoms with Crippen molar-refractivity contribution in [1.29, 1.82) is 0 Å². The molecule has 0 N–H and O–H groups in total. The second kappa shape index (κ2) is 5.74. The Balaban J connectivity index is 2.34. The zero-order valence-corrected chi connectivity index (χ0v) is 12.1. The molecule has 0 saturated heterocycles. The lowest BCUT2D eigenvalue weighted by Gasteiger charge is -2.13. The van der Waals surface area contributed by atoms with Crippen LogP contribution in [0.5, 0.6) is 5.75 Å². The number of hydrogen-bond acceptors (Lipinski definition) is 4. The number of fused-ring (bicyclic) bond motifs is 1. The first-order valence-corrected chi connectivity index (χ1v) is 7.60. The topological polar surface area (TPSA) is 44.8 Å². The van der Waals surface area contributed by atoms with E-state index in [1.54, 1.807) is 7.11 Å². The lowest BCUT2D eigenvalue weighted by molar-refractivity contribution is 0.275. The van der Waals surface area contributed by atoms with Crippen LogP contribution >= 0.6 is 7.60 Å². The molecule has 4 nitrogen and oxygen atoms in total. The maximum Gasteiger partial charge on any atom is 0.334 e. The summed E-state index contributed by atoms with van der Waals surface area (Å²) in [6.07, 6.45) is 0.266. The summed E-state index contributed by atoms with van der Waals surface area (Å²) in [5.74, 6) is 0.819. The molecule has 0 atom stereocenters. The molecule has 2 aromatic carbocycles. The minimum atomic E-state index is -3.02. The fraction of sp³-hybridized carbons (Fsp3) is 0.286. The Kier molecular flexibility index (Phi) is 4.25. The smallest absolute Gasteiger partial charge is 0.334 e. The average Bonchev–Trinajstić information content (AvgIpc) is 2.46. The van der Waals surface area contributed by atoms with Crippen molar-refractivity contribution in [3.63, 3.8) is 0 Å². The van der Waals surface area contributed by atoms with Gasteiger partial charge in [-0.1, -0.05) is 24.3 Å². The molecular formula is C14H17O4P. The van der Waals surface area contributed by atoms with Gasteiger partial charge in [-0.15, -0.1) is 0 Å². The van der Waals surface area contributed by atoms with Crippen molar-refractivity contribution >= 4 is 18.4 Å². The lowest BCUT2D eigenvalue weighted by Crippen LogP contribution is -1.93. The van der Waals surface area contributed by atoms with Gasteiger partial charge in [0.25, 0.3) is 0 Å². The minimum Gasteiger partial charge on any atom is -0.497 e. The first-order valence-electron chi connectivity index (χ1n) is 5.87. The van der Waals surface area contributed by atoms with E-state index < -0.39 is 7.60 Å². The third-order valence-electron chi connectivity index (χ3n) is 3.04. The van der Waals surface area contributed by atoms with Gasteiger partial charge in [0.05, 0.1) is 13.3 Å². The molecule has 0 aliphatic carbocycles. The molecule has 5 heteroatoms. The standard InChI is InChI=1S/C14H17O4P/c1-16-14-7-6-12-8-11(4-5-13(12)9-14)10-19(15,17-2)18-3/h4-9H,10H2,1-3H3. The molecule has 2 aromatic rings. The summed E-state index contributed by atoms with van der Waals surface area (Å²) in [6, 6.07) is 11.7. The van der Waals surface area contributed by atoms with Crippen LogP contribution in [0.3, 0.4) is 0 Å². The highest BCUT2D eigenvalue weighted by molar-refractivity contribution is 7.52. The van der Waals surface area contributed by atoms with Crippen LogP contribution in [-0.2, 0) is 19.8 Å². The van der Waals surface area contributed by atoms with Gasteiger partial charge in [0.2, 0.25) is 0 Å². The van der Waals surface area contributed by atoms with Crippen LogP contribution in [0.15, 0.2) is 36.4 Å². The Hall–Kier alpha value is -1.35. The molecule has 0 saturated carbocycles. The van der Waals surface area contributed by atoms with Gasteiger partial charge in [-0.25, -0.2) is 0 Å². The van der Waals surface area contributed by atoms with E-state index in [1.165, 1.54) is 14.2 Å². The van der Waals surface area contributed by atoms with Crippen LogP contribution < -0.4 is 4.74 Å². The Morgan fingerprint density at radius 1 is 0.947 bits per heavy atom. The fourth-order valence-corrected chi connectivity index (χ4v) is 2.98. The summed E-state index contributed by atoms with van der Waals surface area (Å²) in [5, 5.41) is 2.14. The van der Waals surface area contributed by atoms with Crippen molar-refractivity contribution in [2.45, 2.75) is 6.16 Å². The quantitative estimate of drug-likeness (QED) is 0.781. The van der Waals surface area contributed by atoms with Gasteiger partial charge in [0, 0.05) is 14.2 Å². The monoisotopic (exact) mass is 280 g/mol. The Morgan fingerprint density at radius 3 is 2.21 bits per heavy atom. The fourth-order valence-electron chi connectivity index (χ4n) is 1.93. The molecule has 0 aliphatic rings. The number of benzene rings is 2. The predicted molar refractivity (Wildman–Crippen MR) is 75.8 cm³/mol. The predicted octanol–water partition coefficient (Wildman–Crippen LogP) is 3.83. The van der Waals surface area contributed by atoms with Crippen molar-refractivity contribution in [3.8, 4) is 5.75 Å². The molecule has 102 valence electrons. The zero-order chi connectivity index (χ0) is 13.9. The summed E-state index contributed by atoms with van der Waals surface area (Å²) in [4.78, 5) is 0. The first-order chi connectivity index (χ1) is 9.10. The Morgan fingerprint density at radius 2 is 1.58 bits per heavy atom. The normalized spacial score (nSPS) is 11.7. The summed E-state index contributed by atoms with van der Waals surface area (Å²) in [6.45, 7) is 0. The average molecular weight is 280 g/mol.